The highest BCUT2D eigenvalue weighted by molar-refractivity contribution is 7.92. The molecule has 30 heavy (non-hydrogen) atoms. The summed E-state index contributed by atoms with van der Waals surface area (Å²) in [7, 11) is -3.78. The first-order chi connectivity index (χ1) is 14.2. The summed E-state index contributed by atoms with van der Waals surface area (Å²) in [4.78, 5) is 26.1. The molecule has 2 aromatic rings. The van der Waals surface area contributed by atoms with Crippen molar-refractivity contribution in [1.29, 1.82) is 0 Å². The number of carbonyl (C=O) groups is 2. The van der Waals surface area contributed by atoms with Crippen LogP contribution in [0.2, 0.25) is 0 Å². The molecule has 1 N–H and O–H groups in total. The van der Waals surface area contributed by atoms with E-state index >= 15 is 0 Å². The van der Waals surface area contributed by atoms with E-state index in [1.165, 1.54) is 18.2 Å². The molecule has 7 nitrogen and oxygen atoms in total. The Hall–Kier alpha value is -2.94. The highest BCUT2D eigenvalue weighted by Gasteiger charge is 2.22. The number of halogens is 1. The summed E-state index contributed by atoms with van der Waals surface area (Å²) in [6, 6.07) is 12.6. The number of amides is 2. The van der Waals surface area contributed by atoms with Crippen molar-refractivity contribution in [3.05, 3.63) is 65.5 Å². The topological polar surface area (TPSA) is 86.8 Å². The van der Waals surface area contributed by atoms with Crippen molar-refractivity contribution in [2.45, 2.75) is 25.9 Å². The molecule has 1 saturated heterocycles. The van der Waals surface area contributed by atoms with Crippen molar-refractivity contribution < 1.29 is 22.4 Å². The van der Waals surface area contributed by atoms with Crippen LogP contribution in [-0.4, -0.2) is 44.5 Å². The fraction of sp³-hybridized carbons (Fsp3) is 0.333. The number of rotatable bonds is 8. The monoisotopic (exact) mass is 433 g/mol. The van der Waals surface area contributed by atoms with Crippen LogP contribution in [-0.2, 0) is 32.7 Å². The van der Waals surface area contributed by atoms with Crippen molar-refractivity contribution in [2.24, 2.45) is 0 Å². The fourth-order valence-electron chi connectivity index (χ4n) is 3.37. The van der Waals surface area contributed by atoms with Crippen LogP contribution in [0.1, 0.15) is 24.0 Å². The van der Waals surface area contributed by atoms with E-state index in [1.807, 2.05) is 24.3 Å². The quantitative estimate of drug-likeness (QED) is 0.690. The number of hydrogen-bond acceptors (Lipinski definition) is 4. The molecule has 1 heterocycles. The van der Waals surface area contributed by atoms with Crippen LogP contribution in [0.3, 0.4) is 0 Å². The van der Waals surface area contributed by atoms with Gasteiger partial charge in [-0.05, 0) is 35.7 Å². The summed E-state index contributed by atoms with van der Waals surface area (Å²) >= 11 is 0. The number of nitrogens with zero attached hydrogens (tertiary/aromatic N) is 2. The van der Waals surface area contributed by atoms with E-state index in [9.17, 15) is 22.4 Å². The minimum absolute atomic E-state index is 0.0839. The Morgan fingerprint density at radius 1 is 1.17 bits per heavy atom. The standard InChI is InChI=1S/C21H24FN3O4S/c1-30(28,29)25(19-9-4-8-18(22)12-19)15-20(26)23-13-16-6-2-3-7-17(16)14-24-11-5-10-21(24)27/h2-4,6-9,12H,5,10-11,13-15H2,1H3,(H,23,26). The summed E-state index contributed by atoms with van der Waals surface area (Å²) in [5.74, 6) is -0.989. The van der Waals surface area contributed by atoms with Crippen LogP contribution >= 0.6 is 0 Å². The zero-order valence-corrected chi connectivity index (χ0v) is 17.5. The van der Waals surface area contributed by atoms with Crippen LogP contribution < -0.4 is 9.62 Å². The molecule has 0 unspecified atom stereocenters. The predicted molar refractivity (Wildman–Crippen MR) is 112 cm³/mol. The van der Waals surface area contributed by atoms with E-state index in [1.54, 1.807) is 4.90 Å². The molecule has 9 heteroatoms. The molecule has 0 spiro atoms. The van der Waals surface area contributed by atoms with Gasteiger partial charge in [-0.1, -0.05) is 30.3 Å². The van der Waals surface area contributed by atoms with Crippen LogP contribution in [0, 0.1) is 5.82 Å². The first-order valence-corrected chi connectivity index (χ1v) is 11.4. The highest BCUT2D eigenvalue weighted by atomic mass is 32.2. The molecule has 0 saturated carbocycles. The predicted octanol–water partition coefficient (Wildman–Crippen LogP) is 2.03. The molecule has 1 aliphatic rings. The summed E-state index contributed by atoms with van der Waals surface area (Å²) < 4.78 is 38.6. The van der Waals surface area contributed by atoms with E-state index in [2.05, 4.69) is 5.32 Å². The molecule has 2 amide bonds. The molecule has 1 fully saturated rings. The third-order valence-electron chi connectivity index (χ3n) is 4.91. The average Bonchev–Trinajstić information content (AvgIpc) is 3.09. The van der Waals surface area contributed by atoms with Crippen LogP contribution in [0.5, 0.6) is 0 Å². The van der Waals surface area contributed by atoms with Gasteiger partial charge in [-0.3, -0.25) is 13.9 Å². The maximum absolute atomic E-state index is 13.5. The van der Waals surface area contributed by atoms with Gasteiger partial charge in [-0.15, -0.1) is 0 Å². The number of sulfonamides is 1. The average molecular weight is 434 g/mol. The van der Waals surface area contributed by atoms with Gasteiger partial charge in [0.1, 0.15) is 12.4 Å². The Labute approximate surface area is 175 Å². The number of hydrogen-bond donors (Lipinski definition) is 1. The second kappa shape index (κ2) is 9.25. The summed E-state index contributed by atoms with van der Waals surface area (Å²) in [6.45, 7) is 0.924. The maximum atomic E-state index is 13.5. The molecule has 2 aromatic carbocycles. The van der Waals surface area contributed by atoms with Crippen molar-refractivity contribution in [2.75, 3.05) is 23.7 Å². The Morgan fingerprint density at radius 3 is 2.53 bits per heavy atom. The smallest absolute Gasteiger partial charge is 0.241 e. The number of anilines is 1. The zero-order valence-electron chi connectivity index (χ0n) is 16.7. The van der Waals surface area contributed by atoms with E-state index < -0.39 is 28.3 Å². The normalized spacial score (nSPS) is 14.1. The summed E-state index contributed by atoms with van der Waals surface area (Å²) in [5.41, 5.74) is 1.86. The van der Waals surface area contributed by atoms with Crippen LogP contribution in [0.25, 0.3) is 0 Å². The van der Waals surface area contributed by atoms with Gasteiger partial charge in [-0.2, -0.15) is 0 Å². The molecule has 0 aromatic heterocycles. The van der Waals surface area contributed by atoms with E-state index in [-0.39, 0.29) is 18.1 Å². The van der Waals surface area contributed by atoms with Crippen molar-refractivity contribution in [3.8, 4) is 0 Å². The van der Waals surface area contributed by atoms with E-state index in [4.69, 9.17) is 0 Å². The largest absolute Gasteiger partial charge is 0.350 e. The fourth-order valence-corrected chi connectivity index (χ4v) is 4.22. The summed E-state index contributed by atoms with van der Waals surface area (Å²) in [5, 5.41) is 2.72. The minimum Gasteiger partial charge on any atom is -0.350 e. The lowest BCUT2D eigenvalue weighted by Crippen LogP contribution is -2.40. The Balaban J connectivity index is 1.67. The Kier molecular flexibility index (Phi) is 6.71. The summed E-state index contributed by atoms with van der Waals surface area (Å²) in [6.07, 6.45) is 2.37. The van der Waals surface area contributed by atoms with E-state index in [0.29, 0.717) is 13.0 Å². The van der Waals surface area contributed by atoms with Gasteiger partial charge in [0, 0.05) is 26.1 Å². The van der Waals surface area contributed by atoms with Crippen molar-refractivity contribution in [3.63, 3.8) is 0 Å². The second-order valence-electron chi connectivity index (χ2n) is 7.21. The van der Waals surface area contributed by atoms with Crippen LogP contribution in [0.4, 0.5) is 10.1 Å². The first-order valence-electron chi connectivity index (χ1n) is 9.58. The van der Waals surface area contributed by atoms with Gasteiger partial charge in [-0.25, -0.2) is 12.8 Å². The van der Waals surface area contributed by atoms with Gasteiger partial charge in [0.05, 0.1) is 11.9 Å². The molecule has 0 bridgehead atoms. The number of likely N-dealkylation sites (tertiary alicyclic amines) is 1. The van der Waals surface area contributed by atoms with Gasteiger partial charge in [0.15, 0.2) is 0 Å². The second-order valence-corrected chi connectivity index (χ2v) is 9.12. The van der Waals surface area contributed by atoms with E-state index in [0.717, 1.165) is 40.7 Å². The highest BCUT2D eigenvalue weighted by Crippen LogP contribution is 2.19. The molecule has 160 valence electrons. The van der Waals surface area contributed by atoms with Crippen LogP contribution in [0.15, 0.2) is 48.5 Å². The lowest BCUT2D eigenvalue weighted by molar-refractivity contribution is -0.128. The molecule has 0 radical (unpaired) electrons. The number of carbonyl (C=O) groups excluding carboxylic acids is 2. The lowest BCUT2D eigenvalue weighted by Gasteiger charge is -2.22. The lowest BCUT2D eigenvalue weighted by atomic mass is 10.1. The third-order valence-corrected chi connectivity index (χ3v) is 6.05. The maximum Gasteiger partial charge on any atom is 0.241 e. The van der Waals surface area contributed by atoms with Gasteiger partial charge in [0.2, 0.25) is 21.8 Å². The van der Waals surface area contributed by atoms with Gasteiger partial charge >= 0.3 is 0 Å². The number of benzene rings is 2. The molecular formula is C21H24FN3O4S. The Bertz CT molecular complexity index is 1040. The molecule has 3 rings (SSSR count). The first kappa shape index (κ1) is 21.8. The molecule has 0 atom stereocenters. The SMILES string of the molecule is CS(=O)(=O)N(CC(=O)NCc1ccccc1CN1CCCC1=O)c1cccc(F)c1. The molecular weight excluding hydrogens is 409 g/mol. The zero-order chi connectivity index (χ0) is 21.7. The molecule has 0 aliphatic carbocycles. The van der Waals surface area contributed by atoms with Gasteiger partial charge in [0.25, 0.3) is 0 Å². The van der Waals surface area contributed by atoms with Crippen molar-refractivity contribution >= 4 is 27.5 Å². The third kappa shape index (κ3) is 5.56. The van der Waals surface area contributed by atoms with Gasteiger partial charge < -0.3 is 10.2 Å². The molecule has 1 aliphatic heterocycles. The Morgan fingerprint density at radius 2 is 1.90 bits per heavy atom. The number of nitrogens with one attached hydrogen (secondary N) is 1. The van der Waals surface area contributed by atoms with Crippen molar-refractivity contribution in [1.82, 2.24) is 10.2 Å². The minimum atomic E-state index is -3.78.